The molecule has 2 aliphatic rings. The maximum absolute atomic E-state index is 7.00. The minimum absolute atomic E-state index is 0.881. The number of para-hydroxylation sites is 8. The Morgan fingerprint density at radius 2 is 0.625 bits per heavy atom. The standard InChI is InChI=1S/C66H48N2O2Si2/c1-71(2)59-31-13-7-25-53(59)67(54-26-8-14-32-60(54)71)41-35-37-45-51(39-41)63(49-23-17-21-47-43-19-5-11-29-57(43)69-65(47)49)46-38-36-42(68-55-27-9-15-33-61(55)72(3,4)62-34-16-10-28-56(62)68)40-52(46)64(45)50-24-18-22-48-44-20-6-12-30-58(44)70-66(48)50/h5-40H,1-4H3. The van der Waals surface area contributed by atoms with Gasteiger partial charge in [0.2, 0.25) is 0 Å². The van der Waals surface area contributed by atoms with Crippen molar-refractivity contribution in [3.05, 3.63) is 218 Å². The van der Waals surface area contributed by atoms with Crippen LogP contribution in [0.2, 0.25) is 26.2 Å². The number of anilines is 6. The van der Waals surface area contributed by atoms with E-state index in [9.17, 15) is 0 Å². The van der Waals surface area contributed by atoms with E-state index in [4.69, 9.17) is 8.83 Å². The Bertz CT molecular complexity index is 4060. The quantitative estimate of drug-likeness (QED) is 0.130. The molecular weight excluding hydrogens is 909 g/mol. The van der Waals surface area contributed by atoms with Gasteiger partial charge in [0.1, 0.15) is 38.5 Å². The summed E-state index contributed by atoms with van der Waals surface area (Å²) in [5, 5.41) is 14.7. The van der Waals surface area contributed by atoms with Crippen LogP contribution in [0.4, 0.5) is 34.1 Å². The van der Waals surface area contributed by atoms with Gasteiger partial charge in [0.15, 0.2) is 0 Å². The van der Waals surface area contributed by atoms with Crippen molar-refractivity contribution in [3.8, 4) is 22.3 Å². The lowest BCUT2D eigenvalue weighted by atomic mass is 9.84. The van der Waals surface area contributed by atoms with Gasteiger partial charge in [0.05, 0.1) is 0 Å². The van der Waals surface area contributed by atoms with Crippen LogP contribution in [-0.2, 0) is 0 Å². The molecule has 4 nitrogen and oxygen atoms in total. The van der Waals surface area contributed by atoms with E-state index in [1.54, 1.807) is 0 Å². The topological polar surface area (TPSA) is 32.8 Å². The highest BCUT2D eigenvalue weighted by molar-refractivity contribution is 7.03. The zero-order valence-electron chi connectivity index (χ0n) is 40.5. The highest BCUT2D eigenvalue weighted by Crippen LogP contribution is 2.52. The zero-order chi connectivity index (χ0) is 48.0. The van der Waals surface area contributed by atoms with Gasteiger partial charge >= 0.3 is 0 Å². The number of furan rings is 2. The number of benzene rings is 11. The minimum Gasteiger partial charge on any atom is -0.455 e. The number of rotatable bonds is 4. The summed E-state index contributed by atoms with van der Waals surface area (Å²) in [6.45, 7) is 9.96. The van der Waals surface area contributed by atoms with Crippen LogP contribution < -0.4 is 30.5 Å². The molecule has 0 spiro atoms. The van der Waals surface area contributed by atoms with Crippen LogP contribution in [0, 0.1) is 0 Å². The summed E-state index contributed by atoms with van der Waals surface area (Å²) in [5.41, 5.74) is 15.2. The number of hydrogen-bond donors (Lipinski definition) is 0. The van der Waals surface area contributed by atoms with Crippen LogP contribution >= 0.6 is 0 Å². The highest BCUT2D eigenvalue weighted by Gasteiger charge is 2.40. The Morgan fingerprint density at radius 3 is 1.01 bits per heavy atom. The van der Waals surface area contributed by atoms with Crippen LogP contribution in [-0.4, -0.2) is 16.1 Å². The van der Waals surface area contributed by atoms with Crippen molar-refractivity contribution in [3.63, 3.8) is 0 Å². The van der Waals surface area contributed by atoms with Gasteiger partial charge in [0.25, 0.3) is 0 Å². The van der Waals surface area contributed by atoms with E-state index in [0.29, 0.717) is 0 Å². The lowest BCUT2D eigenvalue weighted by Gasteiger charge is -2.41. The third-order valence-electron chi connectivity index (χ3n) is 16.2. The van der Waals surface area contributed by atoms with E-state index >= 15 is 0 Å². The molecule has 4 heterocycles. The van der Waals surface area contributed by atoms with Crippen molar-refractivity contribution in [1.82, 2.24) is 0 Å². The van der Waals surface area contributed by atoms with Gasteiger partial charge in [-0.3, -0.25) is 0 Å². The summed E-state index contributed by atoms with van der Waals surface area (Å²) in [7, 11) is -4.08. The van der Waals surface area contributed by atoms with Crippen molar-refractivity contribution in [2.24, 2.45) is 0 Å². The van der Waals surface area contributed by atoms with Crippen molar-refractivity contribution in [1.29, 1.82) is 0 Å². The molecular formula is C66H48N2O2Si2. The Balaban J connectivity index is 1.11. The fraction of sp³-hybridized carbons (Fsp3) is 0.0606. The Hall–Kier alpha value is -8.43. The van der Waals surface area contributed by atoms with Crippen molar-refractivity contribution < 1.29 is 8.83 Å². The molecule has 2 aliphatic heterocycles. The SMILES string of the molecule is C[Si]1(C)c2ccccc2N(c2ccc3c(-c4cccc5c4oc4ccccc45)c4cc(N5c6ccccc6[Si](C)(C)c6ccccc65)ccc4c(-c4cccc5c4oc4ccccc45)c3c2)c2ccccc21. The normalized spacial score (nSPS) is 14.6. The second kappa shape index (κ2) is 15.0. The summed E-state index contributed by atoms with van der Waals surface area (Å²) >= 11 is 0. The van der Waals surface area contributed by atoms with E-state index in [0.717, 1.165) is 99.1 Å². The molecule has 0 N–H and O–H groups in total. The van der Waals surface area contributed by atoms with E-state index in [-0.39, 0.29) is 0 Å². The number of nitrogens with zero attached hydrogens (tertiary/aromatic N) is 2. The van der Waals surface area contributed by atoms with E-state index in [1.807, 2.05) is 0 Å². The summed E-state index contributed by atoms with van der Waals surface area (Å²) < 4.78 is 14.0. The van der Waals surface area contributed by atoms with Gasteiger partial charge < -0.3 is 18.6 Å². The van der Waals surface area contributed by atoms with Crippen molar-refractivity contribution >= 4 is 136 Å². The molecule has 0 saturated heterocycles. The summed E-state index contributed by atoms with van der Waals surface area (Å²) in [5.74, 6) is 0. The molecule has 0 aliphatic carbocycles. The highest BCUT2D eigenvalue weighted by atomic mass is 28.3. The van der Waals surface area contributed by atoms with Crippen LogP contribution in [0.25, 0.3) is 87.7 Å². The summed E-state index contributed by atoms with van der Waals surface area (Å²) in [4.78, 5) is 5.02. The molecule has 6 heteroatoms. The van der Waals surface area contributed by atoms with Gasteiger partial charge in [-0.05, 0) is 103 Å². The first-order valence-corrected chi connectivity index (χ1v) is 31.1. The predicted molar refractivity (Wildman–Crippen MR) is 310 cm³/mol. The zero-order valence-corrected chi connectivity index (χ0v) is 42.5. The molecule has 0 fully saturated rings. The molecule has 0 amide bonds. The first-order valence-electron chi connectivity index (χ1n) is 25.1. The molecule has 11 aromatic carbocycles. The Morgan fingerprint density at radius 1 is 0.292 bits per heavy atom. The van der Waals surface area contributed by atoms with Crippen molar-refractivity contribution in [2.45, 2.75) is 26.2 Å². The molecule has 0 saturated carbocycles. The molecule has 0 radical (unpaired) electrons. The fourth-order valence-corrected chi connectivity index (χ4v) is 18.8. The fourth-order valence-electron chi connectivity index (χ4n) is 12.8. The van der Waals surface area contributed by atoms with Gasteiger partial charge in [-0.1, -0.05) is 184 Å². The second-order valence-electron chi connectivity index (χ2n) is 20.8. The number of hydrogen-bond acceptors (Lipinski definition) is 4. The molecule has 0 atom stereocenters. The molecule has 2 aromatic heterocycles. The van der Waals surface area contributed by atoms with Crippen LogP contribution in [0.3, 0.4) is 0 Å². The minimum atomic E-state index is -2.04. The predicted octanol–water partition coefficient (Wildman–Crippen LogP) is 16.3. The third kappa shape index (κ3) is 5.67. The molecule has 15 rings (SSSR count). The van der Waals surface area contributed by atoms with E-state index in [2.05, 4.69) is 254 Å². The van der Waals surface area contributed by atoms with Gasteiger partial charge in [-0.2, -0.15) is 0 Å². The maximum atomic E-state index is 7.00. The lowest BCUT2D eigenvalue weighted by Crippen LogP contribution is -2.58. The summed E-state index contributed by atoms with van der Waals surface area (Å²) in [6.07, 6.45) is 0. The molecule has 0 unspecified atom stereocenters. The van der Waals surface area contributed by atoms with Crippen LogP contribution in [0.1, 0.15) is 0 Å². The van der Waals surface area contributed by atoms with Crippen LogP contribution in [0.5, 0.6) is 0 Å². The second-order valence-corrected chi connectivity index (χ2v) is 29.4. The van der Waals surface area contributed by atoms with E-state index < -0.39 is 16.1 Å². The molecule has 13 aromatic rings. The summed E-state index contributed by atoms with van der Waals surface area (Å²) in [6, 6.07) is 80.9. The van der Waals surface area contributed by atoms with E-state index in [1.165, 1.54) is 43.5 Å². The average Bonchev–Trinajstić information content (AvgIpc) is 4.00. The largest absolute Gasteiger partial charge is 0.455 e. The molecule has 72 heavy (non-hydrogen) atoms. The van der Waals surface area contributed by atoms with Gasteiger partial charge in [-0.15, -0.1) is 0 Å². The van der Waals surface area contributed by atoms with Gasteiger partial charge in [-0.25, -0.2) is 0 Å². The molecule has 342 valence electrons. The first-order chi connectivity index (χ1) is 35.3. The number of fused-ring (bicyclic) bond motifs is 12. The molecule has 0 bridgehead atoms. The van der Waals surface area contributed by atoms with Gasteiger partial charge in [0, 0.05) is 77.9 Å². The monoisotopic (exact) mass is 956 g/mol. The van der Waals surface area contributed by atoms with Crippen LogP contribution in [0.15, 0.2) is 227 Å². The Kier molecular flexibility index (Phi) is 8.64. The maximum Gasteiger partial charge on any atom is 0.143 e. The van der Waals surface area contributed by atoms with Crippen molar-refractivity contribution in [2.75, 3.05) is 9.80 Å². The third-order valence-corrected chi connectivity index (χ3v) is 23.3. The lowest BCUT2D eigenvalue weighted by molar-refractivity contribution is 0.669. The average molecular weight is 957 g/mol. The first kappa shape index (κ1) is 41.4. The smallest absolute Gasteiger partial charge is 0.143 e. The Labute approximate surface area is 419 Å².